The molecule has 0 aliphatic heterocycles. The zero-order valence-corrected chi connectivity index (χ0v) is 8.82. The molecule has 0 saturated heterocycles. The zero-order chi connectivity index (χ0) is 12.3. The first-order valence-electron chi connectivity index (χ1n) is 4.25. The van der Waals surface area contributed by atoms with Gasteiger partial charge in [0, 0.05) is 14.1 Å². The van der Waals surface area contributed by atoms with E-state index in [9.17, 15) is 14.4 Å². The molecule has 1 unspecified atom stereocenters. The van der Waals surface area contributed by atoms with Crippen LogP contribution in [0.1, 0.15) is 6.42 Å². The van der Waals surface area contributed by atoms with E-state index in [-0.39, 0.29) is 24.8 Å². The number of aldehydes is 1. The Morgan fingerprint density at radius 3 is 2.07 bits per heavy atom. The lowest BCUT2D eigenvalue weighted by molar-refractivity contribution is -0.124. The van der Waals surface area contributed by atoms with Crippen molar-refractivity contribution < 1.29 is 19.5 Å². The topological polar surface area (TPSA) is 122 Å². The highest BCUT2D eigenvalue weighted by Gasteiger charge is 2.07. The van der Waals surface area contributed by atoms with E-state index in [4.69, 9.17) is 10.8 Å². The van der Waals surface area contributed by atoms with Crippen molar-refractivity contribution in [1.82, 2.24) is 10.6 Å². The fraction of sp³-hybridized carbons (Fsp3) is 0.625. The van der Waals surface area contributed by atoms with Crippen molar-refractivity contribution >= 4 is 18.1 Å². The number of hydrogen-bond donors (Lipinski definition) is 4. The van der Waals surface area contributed by atoms with Crippen LogP contribution in [0.3, 0.4) is 0 Å². The van der Waals surface area contributed by atoms with Gasteiger partial charge in [0.15, 0.2) is 0 Å². The minimum Gasteiger partial charge on any atom is -0.394 e. The Labute approximate surface area is 88.0 Å². The maximum Gasteiger partial charge on any atom is 0.239 e. The van der Waals surface area contributed by atoms with Gasteiger partial charge in [-0.15, -0.1) is 0 Å². The van der Waals surface area contributed by atoms with Crippen LogP contribution in [-0.2, 0) is 14.4 Å². The van der Waals surface area contributed by atoms with Crippen LogP contribution in [0.5, 0.6) is 0 Å². The van der Waals surface area contributed by atoms with E-state index in [1.807, 2.05) is 0 Å². The van der Waals surface area contributed by atoms with E-state index in [0.717, 1.165) is 0 Å². The Balaban J connectivity index is 0. The SMILES string of the molecule is CNC(=O)C(N)CO.CNC(=O)CC=O. The summed E-state index contributed by atoms with van der Waals surface area (Å²) in [5.74, 6) is -0.581. The van der Waals surface area contributed by atoms with Gasteiger partial charge in [-0.05, 0) is 0 Å². The van der Waals surface area contributed by atoms with Crippen molar-refractivity contribution in [3.8, 4) is 0 Å². The standard InChI is InChI=1S/C4H10N2O2.C4H7NO2/c1-6-4(8)3(5)2-7;1-5-4(7)2-3-6/h3,7H,2,5H2,1H3,(H,6,8);3H,2H2,1H3,(H,5,7). The molecule has 5 N–H and O–H groups in total. The van der Waals surface area contributed by atoms with Crippen LogP contribution in [0.25, 0.3) is 0 Å². The molecule has 0 heterocycles. The Hall–Kier alpha value is -1.47. The Kier molecular flexibility index (Phi) is 11.3. The second-order valence-corrected chi connectivity index (χ2v) is 2.45. The van der Waals surface area contributed by atoms with Gasteiger partial charge in [-0.25, -0.2) is 0 Å². The lowest BCUT2D eigenvalue weighted by atomic mass is 10.3. The van der Waals surface area contributed by atoms with Gasteiger partial charge in [-0.2, -0.15) is 0 Å². The molecule has 2 amide bonds. The maximum atomic E-state index is 10.3. The van der Waals surface area contributed by atoms with Crippen LogP contribution < -0.4 is 16.4 Å². The number of hydrogen-bond acceptors (Lipinski definition) is 5. The van der Waals surface area contributed by atoms with Gasteiger partial charge in [0.2, 0.25) is 11.8 Å². The average Bonchev–Trinajstić information content (AvgIpc) is 2.27. The highest BCUT2D eigenvalue weighted by Crippen LogP contribution is 1.71. The molecule has 0 spiro atoms. The summed E-state index contributed by atoms with van der Waals surface area (Å²) in [5.41, 5.74) is 5.06. The summed E-state index contributed by atoms with van der Waals surface area (Å²) in [7, 11) is 2.96. The summed E-state index contributed by atoms with van der Waals surface area (Å²) in [6, 6.07) is -0.778. The molecule has 0 aliphatic rings. The molecule has 7 nitrogen and oxygen atoms in total. The van der Waals surface area contributed by atoms with Crippen LogP contribution >= 0.6 is 0 Å². The maximum absolute atomic E-state index is 10.3. The van der Waals surface area contributed by atoms with Crippen LogP contribution in [0.2, 0.25) is 0 Å². The van der Waals surface area contributed by atoms with Gasteiger partial charge in [-0.3, -0.25) is 9.59 Å². The number of nitrogens with one attached hydrogen (secondary N) is 2. The number of rotatable bonds is 4. The van der Waals surface area contributed by atoms with Gasteiger partial charge in [0.1, 0.15) is 12.3 Å². The molecule has 0 aromatic carbocycles. The summed E-state index contributed by atoms with van der Waals surface area (Å²) in [6.07, 6.45) is 0.537. The molecule has 15 heavy (non-hydrogen) atoms. The van der Waals surface area contributed by atoms with Crippen molar-refractivity contribution in [3.63, 3.8) is 0 Å². The number of carbonyl (C=O) groups is 3. The van der Waals surface area contributed by atoms with Crippen molar-refractivity contribution in [2.24, 2.45) is 5.73 Å². The number of likely N-dealkylation sites (N-methyl/N-ethyl adjacent to an activating group) is 1. The lowest BCUT2D eigenvalue weighted by Crippen LogP contribution is -2.41. The first kappa shape index (κ1) is 16.0. The average molecular weight is 219 g/mol. The highest BCUT2D eigenvalue weighted by atomic mass is 16.3. The van der Waals surface area contributed by atoms with Crippen molar-refractivity contribution in [2.45, 2.75) is 12.5 Å². The molecule has 7 heteroatoms. The van der Waals surface area contributed by atoms with Crippen LogP contribution in [-0.4, -0.2) is 50.0 Å². The molecule has 0 saturated carbocycles. The highest BCUT2D eigenvalue weighted by molar-refractivity contribution is 5.87. The number of amides is 2. The summed E-state index contributed by atoms with van der Waals surface area (Å²) in [4.78, 5) is 29.9. The first-order chi connectivity index (χ1) is 7.03. The molecule has 0 aliphatic carbocycles. The zero-order valence-electron chi connectivity index (χ0n) is 8.82. The molecule has 0 radical (unpaired) electrons. The monoisotopic (exact) mass is 219 g/mol. The van der Waals surface area contributed by atoms with Crippen LogP contribution in [0.4, 0.5) is 0 Å². The first-order valence-corrected chi connectivity index (χ1v) is 4.25. The molecule has 0 rings (SSSR count). The minimum atomic E-state index is -0.778. The smallest absolute Gasteiger partial charge is 0.239 e. The van der Waals surface area contributed by atoms with E-state index in [1.165, 1.54) is 14.1 Å². The van der Waals surface area contributed by atoms with E-state index in [1.54, 1.807) is 0 Å². The van der Waals surface area contributed by atoms with Gasteiger partial charge in [0.05, 0.1) is 13.0 Å². The van der Waals surface area contributed by atoms with E-state index in [2.05, 4.69) is 10.6 Å². The molecule has 0 aromatic rings. The predicted molar refractivity (Wildman–Crippen MR) is 53.9 cm³/mol. The van der Waals surface area contributed by atoms with Gasteiger partial charge in [-0.1, -0.05) is 0 Å². The third-order valence-corrected chi connectivity index (χ3v) is 1.33. The normalized spacial score (nSPS) is 10.4. The number of nitrogens with two attached hydrogens (primary N) is 1. The quantitative estimate of drug-likeness (QED) is 0.304. The largest absolute Gasteiger partial charge is 0.394 e. The minimum absolute atomic E-state index is 0.0312. The second kappa shape index (κ2) is 10.6. The third kappa shape index (κ3) is 10.5. The summed E-state index contributed by atoms with van der Waals surface area (Å²) >= 11 is 0. The van der Waals surface area contributed by atoms with E-state index in [0.29, 0.717) is 6.29 Å². The third-order valence-electron chi connectivity index (χ3n) is 1.33. The molecule has 0 aromatic heterocycles. The number of aliphatic hydroxyl groups excluding tert-OH is 1. The molecular weight excluding hydrogens is 202 g/mol. The summed E-state index contributed by atoms with van der Waals surface area (Å²) in [5, 5.41) is 12.8. The molecular formula is C8H17N3O4. The molecule has 1 atom stereocenters. The van der Waals surface area contributed by atoms with Crippen molar-refractivity contribution in [2.75, 3.05) is 20.7 Å². The van der Waals surface area contributed by atoms with Gasteiger partial charge >= 0.3 is 0 Å². The fourth-order valence-corrected chi connectivity index (χ4v) is 0.446. The Morgan fingerprint density at radius 2 is 1.93 bits per heavy atom. The van der Waals surface area contributed by atoms with Gasteiger partial charge < -0.3 is 26.3 Å². The fourth-order valence-electron chi connectivity index (χ4n) is 0.446. The summed E-state index contributed by atoms with van der Waals surface area (Å²) in [6.45, 7) is -0.306. The molecule has 0 bridgehead atoms. The molecule has 0 fully saturated rings. The second-order valence-electron chi connectivity index (χ2n) is 2.45. The number of carbonyl (C=O) groups excluding carboxylic acids is 3. The number of aliphatic hydroxyl groups is 1. The van der Waals surface area contributed by atoms with E-state index >= 15 is 0 Å². The van der Waals surface area contributed by atoms with Crippen molar-refractivity contribution in [3.05, 3.63) is 0 Å². The summed E-state index contributed by atoms with van der Waals surface area (Å²) < 4.78 is 0. The van der Waals surface area contributed by atoms with Crippen LogP contribution in [0.15, 0.2) is 0 Å². The lowest BCUT2D eigenvalue weighted by Gasteiger charge is -2.03. The Bertz CT molecular complexity index is 208. The van der Waals surface area contributed by atoms with Crippen LogP contribution in [0, 0.1) is 0 Å². The van der Waals surface area contributed by atoms with E-state index < -0.39 is 6.04 Å². The Morgan fingerprint density at radius 1 is 1.40 bits per heavy atom. The predicted octanol–water partition coefficient (Wildman–Crippen LogP) is -2.63. The van der Waals surface area contributed by atoms with Crippen molar-refractivity contribution in [1.29, 1.82) is 0 Å². The van der Waals surface area contributed by atoms with Gasteiger partial charge in [0.25, 0.3) is 0 Å². The molecule has 88 valence electrons.